The molecule has 1 unspecified atom stereocenters. The molecule has 1 N–H and O–H groups in total. The molecule has 0 aromatic rings. The Kier molecular flexibility index (Phi) is 3.10. The second-order valence-electron chi connectivity index (χ2n) is 5.15. The fourth-order valence-electron chi connectivity index (χ4n) is 2.04. The molecule has 0 spiro atoms. The van der Waals surface area contributed by atoms with Crippen LogP contribution in [0.25, 0.3) is 0 Å². The van der Waals surface area contributed by atoms with E-state index < -0.39 is 0 Å². The summed E-state index contributed by atoms with van der Waals surface area (Å²) in [4.78, 5) is 2.48. The van der Waals surface area contributed by atoms with E-state index in [0.29, 0.717) is 5.41 Å². The van der Waals surface area contributed by atoms with Gasteiger partial charge >= 0.3 is 0 Å². The van der Waals surface area contributed by atoms with Gasteiger partial charge in [0.15, 0.2) is 0 Å². The Morgan fingerprint density at radius 1 is 1.36 bits per heavy atom. The standard InChI is InChI=1S/C11H22N2O/c1-11(2)9-10(11)12-3-4-13-5-7-14-8-6-13/h10,12H,3-9H2,1-2H3. The van der Waals surface area contributed by atoms with E-state index in [2.05, 4.69) is 24.1 Å². The Morgan fingerprint density at radius 2 is 2.00 bits per heavy atom. The first-order valence-electron chi connectivity index (χ1n) is 5.72. The lowest BCUT2D eigenvalue weighted by Gasteiger charge is -2.26. The fourth-order valence-corrected chi connectivity index (χ4v) is 2.04. The van der Waals surface area contributed by atoms with E-state index in [1.54, 1.807) is 0 Å². The highest BCUT2D eigenvalue weighted by Crippen LogP contribution is 2.44. The van der Waals surface area contributed by atoms with Crippen LogP contribution < -0.4 is 5.32 Å². The van der Waals surface area contributed by atoms with Crippen LogP contribution in [0.3, 0.4) is 0 Å². The van der Waals surface area contributed by atoms with Crippen molar-refractivity contribution in [2.45, 2.75) is 26.3 Å². The first-order valence-corrected chi connectivity index (χ1v) is 5.72. The average Bonchev–Trinajstić information content (AvgIpc) is 2.76. The fraction of sp³-hybridized carbons (Fsp3) is 1.00. The van der Waals surface area contributed by atoms with E-state index in [1.807, 2.05) is 0 Å². The van der Waals surface area contributed by atoms with Gasteiger partial charge in [0.1, 0.15) is 0 Å². The maximum absolute atomic E-state index is 5.31. The van der Waals surface area contributed by atoms with Crippen LogP contribution in [0.1, 0.15) is 20.3 Å². The zero-order valence-electron chi connectivity index (χ0n) is 9.38. The minimum Gasteiger partial charge on any atom is -0.379 e. The van der Waals surface area contributed by atoms with Crippen LogP contribution in [-0.2, 0) is 4.74 Å². The van der Waals surface area contributed by atoms with Crippen LogP contribution in [0.2, 0.25) is 0 Å². The highest BCUT2D eigenvalue weighted by atomic mass is 16.5. The van der Waals surface area contributed by atoms with E-state index in [4.69, 9.17) is 4.74 Å². The molecule has 1 saturated carbocycles. The number of ether oxygens (including phenoxy) is 1. The normalized spacial score (nSPS) is 31.7. The summed E-state index contributed by atoms with van der Waals surface area (Å²) in [6.45, 7) is 11.0. The van der Waals surface area contributed by atoms with E-state index in [1.165, 1.54) is 13.0 Å². The summed E-state index contributed by atoms with van der Waals surface area (Å²) in [5.74, 6) is 0. The van der Waals surface area contributed by atoms with Crippen molar-refractivity contribution in [3.8, 4) is 0 Å². The average molecular weight is 198 g/mol. The number of nitrogens with one attached hydrogen (secondary N) is 1. The largest absolute Gasteiger partial charge is 0.379 e. The van der Waals surface area contributed by atoms with Crippen molar-refractivity contribution in [2.24, 2.45) is 5.41 Å². The minimum absolute atomic E-state index is 0.561. The number of hydrogen-bond donors (Lipinski definition) is 1. The van der Waals surface area contributed by atoms with Crippen LogP contribution in [0.4, 0.5) is 0 Å². The highest BCUT2D eigenvalue weighted by molar-refractivity contribution is 5.01. The SMILES string of the molecule is CC1(C)CC1NCCN1CCOCC1. The van der Waals surface area contributed by atoms with Gasteiger partial charge in [-0.2, -0.15) is 0 Å². The molecule has 0 aromatic heterocycles. The van der Waals surface area contributed by atoms with Crippen LogP contribution >= 0.6 is 0 Å². The molecule has 0 aromatic carbocycles. The van der Waals surface area contributed by atoms with E-state index >= 15 is 0 Å². The Labute approximate surface area is 86.8 Å². The van der Waals surface area contributed by atoms with Gasteiger partial charge in [-0.15, -0.1) is 0 Å². The van der Waals surface area contributed by atoms with Crippen molar-refractivity contribution in [2.75, 3.05) is 39.4 Å². The van der Waals surface area contributed by atoms with Gasteiger partial charge < -0.3 is 10.1 Å². The Bertz CT molecular complexity index is 188. The lowest BCUT2D eigenvalue weighted by Crippen LogP contribution is -2.40. The maximum atomic E-state index is 5.31. The molecule has 82 valence electrons. The molecule has 0 bridgehead atoms. The van der Waals surface area contributed by atoms with Crippen LogP contribution in [0, 0.1) is 5.41 Å². The molecule has 2 aliphatic rings. The zero-order chi connectivity index (χ0) is 10.0. The predicted molar refractivity (Wildman–Crippen MR) is 57.4 cm³/mol. The van der Waals surface area contributed by atoms with Crippen molar-refractivity contribution < 1.29 is 4.74 Å². The van der Waals surface area contributed by atoms with Gasteiger partial charge in [-0.05, 0) is 11.8 Å². The summed E-state index contributed by atoms with van der Waals surface area (Å²) in [6, 6.07) is 0.767. The molecular formula is C11H22N2O. The molecule has 14 heavy (non-hydrogen) atoms. The van der Waals surface area contributed by atoms with Gasteiger partial charge in [0.05, 0.1) is 13.2 Å². The Balaban J connectivity index is 1.54. The molecule has 1 heterocycles. The monoisotopic (exact) mass is 198 g/mol. The predicted octanol–water partition coefficient (Wildman–Crippen LogP) is 0.707. The third kappa shape index (κ3) is 2.69. The molecular weight excluding hydrogens is 176 g/mol. The molecule has 3 nitrogen and oxygen atoms in total. The van der Waals surface area contributed by atoms with Gasteiger partial charge in [0, 0.05) is 32.2 Å². The van der Waals surface area contributed by atoms with Gasteiger partial charge in [-0.3, -0.25) is 4.90 Å². The molecule has 0 amide bonds. The zero-order valence-corrected chi connectivity index (χ0v) is 9.38. The van der Waals surface area contributed by atoms with E-state index in [9.17, 15) is 0 Å². The highest BCUT2D eigenvalue weighted by Gasteiger charge is 2.44. The summed E-state index contributed by atoms with van der Waals surface area (Å²) in [6.07, 6.45) is 1.34. The van der Waals surface area contributed by atoms with Crippen molar-refractivity contribution >= 4 is 0 Å². The first kappa shape index (κ1) is 10.4. The molecule has 0 radical (unpaired) electrons. The smallest absolute Gasteiger partial charge is 0.0594 e. The summed E-state index contributed by atoms with van der Waals surface area (Å²) in [7, 11) is 0. The molecule has 1 aliphatic carbocycles. The number of nitrogens with zero attached hydrogens (tertiary/aromatic N) is 1. The van der Waals surface area contributed by atoms with Crippen LogP contribution in [0.5, 0.6) is 0 Å². The summed E-state index contributed by atoms with van der Waals surface area (Å²) < 4.78 is 5.31. The molecule has 1 saturated heterocycles. The molecule has 1 aliphatic heterocycles. The van der Waals surface area contributed by atoms with Crippen LogP contribution in [-0.4, -0.2) is 50.3 Å². The van der Waals surface area contributed by atoms with Gasteiger partial charge in [-0.25, -0.2) is 0 Å². The Morgan fingerprint density at radius 3 is 2.57 bits per heavy atom. The van der Waals surface area contributed by atoms with E-state index in [-0.39, 0.29) is 0 Å². The van der Waals surface area contributed by atoms with Crippen molar-refractivity contribution in [1.29, 1.82) is 0 Å². The lowest BCUT2D eigenvalue weighted by atomic mass is 10.2. The second kappa shape index (κ2) is 4.17. The Hall–Kier alpha value is -0.120. The quantitative estimate of drug-likeness (QED) is 0.720. The number of morpholine rings is 1. The summed E-state index contributed by atoms with van der Waals surface area (Å²) >= 11 is 0. The van der Waals surface area contributed by atoms with E-state index in [0.717, 1.165) is 38.9 Å². The molecule has 3 heteroatoms. The summed E-state index contributed by atoms with van der Waals surface area (Å²) in [5, 5.41) is 3.61. The summed E-state index contributed by atoms with van der Waals surface area (Å²) in [5.41, 5.74) is 0.561. The molecule has 2 fully saturated rings. The van der Waals surface area contributed by atoms with Gasteiger partial charge in [-0.1, -0.05) is 13.8 Å². The maximum Gasteiger partial charge on any atom is 0.0594 e. The number of rotatable bonds is 4. The van der Waals surface area contributed by atoms with Gasteiger partial charge in [0.2, 0.25) is 0 Å². The second-order valence-corrected chi connectivity index (χ2v) is 5.15. The third-order valence-electron chi connectivity index (χ3n) is 3.44. The first-order chi connectivity index (χ1) is 6.68. The topological polar surface area (TPSA) is 24.5 Å². The van der Waals surface area contributed by atoms with Gasteiger partial charge in [0.25, 0.3) is 0 Å². The van der Waals surface area contributed by atoms with Crippen molar-refractivity contribution in [1.82, 2.24) is 10.2 Å². The third-order valence-corrected chi connectivity index (χ3v) is 3.44. The molecule has 1 atom stereocenters. The van der Waals surface area contributed by atoms with Crippen molar-refractivity contribution in [3.05, 3.63) is 0 Å². The minimum atomic E-state index is 0.561. The molecule has 2 rings (SSSR count). The lowest BCUT2D eigenvalue weighted by molar-refractivity contribution is 0.0383. The van der Waals surface area contributed by atoms with Crippen LogP contribution in [0.15, 0.2) is 0 Å². The van der Waals surface area contributed by atoms with Crippen molar-refractivity contribution in [3.63, 3.8) is 0 Å². The number of hydrogen-bond acceptors (Lipinski definition) is 3.